The molecule has 0 spiro atoms. The van der Waals surface area contributed by atoms with Gasteiger partial charge in [-0.05, 0) is 55.2 Å². The van der Waals surface area contributed by atoms with Gasteiger partial charge in [0.25, 0.3) is 5.91 Å². The fraction of sp³-hybridized carbons (Fsp3) is 0.316. The lowest BCUT2D eigenvalue weighted by Gasteiger charge is -2.26. The molecule has 2 aromatic carbocycles. The molecular weight excluding hydrogens is 341 g/mol. The Kier molecular flexibility index (Phi) is 4.64. The zero-order chi connectivity index (χ0) is 18.2. The van der Waals surface area contributed by atoms with Crippen molar-refractivity contribution in [2.24, 2.45) is 0 Å². The maximum absolute atomic E-state index is 13.2. The van der Waals surface area contributed by atoms with Crippen molar-refractivity contribution in [1.29, 1.82) is 0 Å². The zero-order valence-corrected chi connectivity index (χ0v) is 15.0. The predicted molar refractivity (Wildman–Crippen MR) is 93.7 cm³/mol. The van der Waals surface area contributed by atoms with E-state index in [-0.39, 0.29) is 22.7 Å². The molecule has 6 heteroatoms. The van der Waals surface area contributed by atoms with Gasteiger partial charge in [0.05, 0.1) is 10.9 Å². The molecule has 1 fully saturated rings. The standard InChI is InChI=1S/C19H20FNO3S/c1-13-5-10-16(25(2,23)24)12-17(13)19(22)21-11-3-4-18(21)14-6-8-15(20)9-7-14/h5-10,12,18H,3-4,11H2,1-2H3. The number of sulfone groups is 1. The first-order valence-electron chi connectivity index (χ1n) is 8.14. The molecule has 1 heterocycles. The molecule has 0 aliphatic carbocycles. The molecule has 1 amide bonds. The number of carbonyl (C=O) groups excluding carboxylic acids is 1. The second-order valence-electron chi connectivity index (χ2n) is 6.46. The van der Waals surface area contributed by atoms with Crippen LogP contribution in [0.3, 0.4) is 0 Å². The third kappa shape index (κ3) is 3.58. The molecular formula is C19H20FNO3S. The molecule has 25 heavy (non-hydrogen) atoms. The molecule has 0 saturated carbocycles. The van der Waals surface area contributed by atoms with Gasteiger partial charge in [0.15, 0.2) is 9.84 Å². The number of halogens is 1. The molecule has 1 aliphatic rings. The normalized spacial score (nSPS) is 17.7. The fourth-order valence-electron chi connectivity index (χ4n) is 3.26. The highest BCUT2D eigenvalue weighted by Gasteiger charge is 2.31. The van der Waals surface area contributed by atoms with E-state index in [0.717, 1.165) is 30.2 Å². The zero-order valence-electron chi connectivity index (χ0n) is 14.2. The van der Waals surface area contributed by atoms with Crippen molar-refractivity contribution in [2.75, 3.05) is 12.8 Å². The van der Waals surface area contributed by atoms with Gasteiger partial charge >= 0.3 is 0 Å². The Hall–Kier alpha value is -2.21. The van der Waals surface area contributed by atoms with Crippen LogP contribution in [-0.4, -0.2) is 32.0 Å². The number of amides is 1. The number of hydrogen-bond acceptors (Lipinski definition) is 3. The van der Waals surface area contributed by atoms with Crippen LogP contribution >= 0.6 is 0 Å². The lowest BCUT2D eigenvalue weighted by Crippen LogP contribution is -2.31. The maximum atomic E-state index is 13.2. The molecule has 1 saturated heterocycles. The number of likely N-dealkylation sites (tertiary alicyclic amines) is 1. The Labute approximate surface area is 147 Å². The molecule has 132 valence electrons. The molecule has 0 radical (unpaired) electrons. The van der Waals surface area contributed by atoms with Gasteiger partial charge in [0.1, 0.15) is 5.82 Å². The van der Waals surface area contributed by atoms with Crippen molar-refractivity contribution < 1.29 is 17.6 Å². The highest BCUT2D eigenvalue weighted by molar-refractivity contribution is 7.90. The monoisotopic (exact) mass is 361 g/mol. The molecule has 0 N–H and O–H groups in total. The first-order chi connectivity index (χ1) is 11.8. The van der Waals surface area contributed by atoms with Crippen LogP contribution in [0.25, 0.3) is 0 Å². The minimum absolute atomic E-state index is 0.116. The van der Waals surface area contributed by atoms with Crippen LogP contribution in [0.2, 0.25) is 0 Å². The average Bonchev–Trinajstić information content (AvgIpc) is 3.04. The van der Waals surface area contributed by atoms with Gasteiger partial charge in [-0.2, -0.15) is 0 Å². The Morgan fingerprint density at radius 2 is 1.84 bits per heavy atom. The molecule has 3 rings (SSSR count). The third-order valence-corrected chi connectivity index (χ3v) is 5.75. The smallest absolute Gasteiger partial charge is 0.254 e. The molecule has 1 aliphatic heterocycles. The van der Waals surface area contributed by atoms with Gasteiger partial charge in [-0.1, -0.05) is 18.2 Å². The highest BCUT2D eigenvalue weighted by Crippen LogP contribution is 2.34. The van der Waals surface area contributed by atoms with Crippen molar-refractivity contribution in [3.63, 3.8) is 0 Å². The largest absolute Gasteiger partial charge is 0.332 e. The van der Waals surface area contributed by atoms with Crippen LogP contribution < -0.4 is 0 Å². The van der Waals surface area contributed by atoms with Crippen LogP contribution in [0.15, 0.2) is 47.4 Å². The van der Waals surface area contributed by atoms with Gasteiger partial charge in [-0.25, -0.2) is 12.8 Å². The van der Waals surface area contributed by atoms with Gasteiger partial charge in [0, 0.05) is 18.4 Å². The van der Waals surface area contributed by atoms with E-state index in [1.54, 1.807) is 30.0 Å². The highest BCUT2D eigenvalue weighted by atomic mass is 32.2. The number of benzene rings is 2. The Balaban J connectivity index is 1.96. The summed E-state index contributed by atoms with van der Waals surface area (Å²) in [4.78, 5) is 14.9. The van der Waals surface area contributed by atoms with E-state index >= 15 is 0 Å². The summed E-state index contributed by atoms with van der Waals surface area (Å²) in [5.41, 5.74) is 2.03. The van der Waals surface area contributed by atoms with E-state index in [1.807, 2.05) is 0 Å². The number of rotatable bonds is 3. The van der Waals surface area contributed by atoms with E-state index in [4.69, 9.17) is 0 Å². The summed E-state index contributed by atoms with van der Waals surface area (Å²) in [5.74, 6) is -0.494. The molecule has 4 nitrogen and oxygen atoms in total. The molecule has 1 unspecified atom stereocenters. The third-order valence-electron chi connectivity index (χ3n) is 4.64. The first kappa shape index (κ1) is 17.6. The summed E-state index contributed by atoms with van der Waals surface area (Å²) in [6, 6.07) is 10.7. The minimum Gasteiger partial charge on any atom is -0.332 e. The molecule has 0 bridgehead atoms. The van der Waals surface area contributed by atoms with E-state index in [1.165, 1.54) is 24.3 Å². The molecule has 1 atom stereocenters. The van der Waals surface area contributed by atoms with Gasteiger partial charge in [-0.3, -0.25) is 4.79 Å². The molecule has 2 aromatic rings. The van der Waals surface area contributed by atoms with Crippen LogP contribution in [0.1, 0.15) is 40.4 Å². The van der Waals surface area contributed by atoms with Crippen molar-refractivity contribution in [3.05, 3.63) is 65.0 Å². The van der Waals surface area contributed by atoms with Crippen LogP contribution in [0.4, 0.5) is 4.39 Å². The van der Waals surface area contributed by atoms with E-state index < -0.39 is 9.84 Å². The lowest BCUT2D eigenvalue weighted by atomic mass is 10.0. The topological polar surface area (TPSA) is 54.5 Å². The van der Waals surface area contributed by atoms with Gasteiger partial charge < -0.3 is 4.90 Å². The van der Waals surface area contributed by atoms with Crippen LogP contribution in [0, 0.1) is 12.7 Å². The lowest BCUT2D eigenvalue weighted by molar-refractivity contribution is 0.0734. The quantitative estimate of drug-likeness (QED) is 0.841. The predicted octanol–water partition coefficient (Wildman–Crippen LogP) is 3.51. The van der Waals surface area contributed by atoms with E-state index in [2.05, 4.69) is 0 Å². The Morgan fingerprint density at radius 3 is 2.48 bits per heavy atom. The van der Waals surface area contributed by atoms with Crippen molar-refractivity contribution >= 4 is 15.7 Å². The first-order valence-corrected chi connectivity index (χ1v) is 10.0. The Morgan fingerprint density at radius 1 is 1.16 bits per heavy atom. The molecule has 0 aromatic heterocycles. The second-order valence-corrected chi connectivity index (χ2v) is 8.47. The summed E-state index contributed by atoms with van der Waals surface area (Å²) in [5, 5.41) is 0. The van der Waals surface area contributed by atoms with Gasteiger partial charge in [0.2, 0.25) is 0 Å². The van der Waals surface area contributed by atoms with Crippen molar-refractivity contribution in [2.45, 2.75) is 30.7 Å². The number of nitrogens with zero attached hydrogens (tertiary/aromatic N) is 1. The maximum Gasteiger partial charge on any atom is 0.254 e. The van der Waals surface area contributed by atoms with E-state index in [0.29, 0.717) is 12.1 Å². The van der Waals surface area contributed by atoms with Crippen LogP contribution in [0.5, 0.6) is 0 Å². The fourth-order valence-corrected chi connectivity index (χ4v) is 3.91. The SMILES string of the molecule is Cc1ccc(S(C)(=O)=O)cc1C(=O)N1CCCC1c1ccc(F)cc1. The summed E-state index contributed by atoms with van der Waals surface area (Å²) < 4.78 is 36.8. The number of aryl methyl sites for hydroxylation is 1. The van der Waals surface area contributed by atoms with Crippen LogP contribution in [-0.2, 0) is 9.84 Å². The average molecular weight is 361 g/mol. The number of carbonyl (C=O) groups is 1. The summed E-state index contributed by atoms with van der Waals surface area (Å²) in [7, 11) is -3.38. The minimum atomic E-state index is -3.38. The number of hydrogen-bond donors (Lipinski definition) is 0. The summed E-state index contributed by atoms with van der Waals surface area (Å²) in [6.07, 6.45) is 2.80. The Bertz CT molecular complexity index is 907. The second kappa shape index (κ2) is 6.59. The van der Waals surface area contributed by atoms with Crippen molar-refractivity contribution in [1.82, 2.24) is 4.90 Å². The summed E-state index contributed by atoms with van der Waals surface area (Å²) >= 11 is 0. The van der Waals surface area contributed by atoms with Gasteiger partial charge in [-0.15, -0.1) is 0 Å². The van der Waals surface area contributed by atoms with E-state index in [9.17, 15) is 17.6 Å². The van der Waals surface area contributed by atoms with Crippen molar-refractivity contribution in [3.8, 4) is 0 Å². The summed E-state index contributed by atoms with van der Waals surface area (Å²) in [6.45, 7) is 2.39.